The second kappa shape index (κ2) is 6.27. The number of rotatable bonds is 5. The van der Waals surface area contributed by atoms with Crippen molar-refractivity contribution in [1.29, 1.82) is 0 Å². The lowest BCUT2D eigenvalue weighted by molar-refractivity contribution is 0.135. The highest BCUT2D eigenvalue weighted by atomic mass is 16.3. The molecule has 1 fully saturated rings. The Bertz CT molecular complexity index is 512. The van der Waals surface area contributed by atoms with E-state index >= 15 is 0 Å². The van der Waals surface area contributed by atoms with Crippen molar-refractivity contribution < 1.29 is 4.42 Å². The summed E-state index contributed by atoms with van der Waals surface area (Å²) in [6.07, 6.45) is 14.2. The Hall–Kier alpha value is -1.55. The number of hydrogen-bond donors (Lipinski definition) is 0. The lowest BCUT2D eigenvalue weighted by Gasteiger charge is -2.33. The van der Waals surface area contributed by atoms with E-state index in [9.17, 15) is 0 Å². The molecule has 1 aliphatic carbocycles. The van der Waals surface area contributed by atoms with E-state index in [0.29, 0.717) is 6.04 Å². The molecule has 1 saturated carbocycles. The fraction of sp³-hybridized carbons (Fsp3) is 0.562. The van der Waals surface area contributed by atoms with Gasteiger partial charge in [0.1, 0.15) is 5.82 Å². The molecule has 0 aliphatic heterocycles. The Labute approximate surface area is 120 Å². The lowest BCUT2D eigenvalue weighted by atomic mass is 9.94. The molecule has 1 aliphatic rings. The molecule has 3 rings (SSSR count). The van der Waals surface area contributed by atoms with Crippen LogP contribution >= 0.6 is 0 Å². The van der Waals surface area contributed by atoms with Crippen LogP contribution in [0, 0.1) is 0 Å². The first-order chi connectivity index (χ1) is 9.83. The van der Waals surface area contributed by atoms with Crippen LogP contribution in [0.4, 0.5) is 0 Å². The molecular formula is C16H23N3O. The quantitative estimate of drug-likeness (QED) is 0.838. The van der Waals surface area contributed by atoms with Crippen LogP contribution in [0.2, 0.25) is 0 Å². The normalized spacial score (nSPS) is 16.9. The standard InChI is InChI=1S/C16H23N3O/c1-18-9-8-17-16(18)12-19(11-14-7-10-20-13-14)15-5-3-2-4-6-15/h7-10,13,15H,2-6,11-12H2,1H3. The number of aryl methyl sites for hydroxylation is 1. The average molecular weight is 273 g/mol. The lowest BCUT2D eigenvalue weighted by Crippen LogP contribution is -2.36. The van der Waals surface area contributed by atoms with Crippen LogP contribution in [0.1, 0.15) is 43.5 Å². The zero-order chi connectivity index (χ0) is 13.8. The third kappa shape index (κ3) is 3.12. The van der Waals surface area contributed by atoms with E-state index < -0.39 is 0 Å². The maximum Gasteiger partial charge on any atom is 0.122 e. The van der Waals surface area contributed by atoms with Gasteiger partial charge in [-0.1, -0.05) is 19.3 Å². The maximum absolute atomic E-state index is 5.21. The third-order valence-electron chi connectivity index (χ3n) is 4.32. The molecule has 0 radical (unpaired) electrons. The summed E-state index contributed by atoms with van der Waals surface area (Å²) in [7, 11) is 2.07. The molecule has 0 aromatic carbocycles. The molecule has 0 bridgehead atoms. The number of furan rings is 1. The zero-order valence-corrected chi connectivity index (χ0v) is 12.2. The maximum atomic E-state index is 5.21. The highest BCUT2D eigenvalue weighted by Crippen LogP contribution is 2.25. The van der Waals surface area contributed by atoms with Crippen molar-refractivity contribution in [3.63, 3.8) is 0 Å². The Morgan fingerprint density at radius 1 is 1.30 bits per heavy atom. The molecule has 20 heavy (non-hydrogen) atoms. The van der Waals surface area contributed by atoms with Crippen molar-refractivity contribution in [2.45, 2.75) is 51.2 Å². The molecule has 0 saturated heterocycles. The first-order valence-electron chi connectivity index (χ1n) is 7.54. The summed E-state index contributed by atoms with van der Waals surface area (Å²) in [4.78, 5) is 7.04. The van der Waals surface area contributed by atoms with Crippen LogP contribution < -0.4 is 0 Å². The largest absolute Gasteiger partial charge is 0.472 e. The summed E-state index contributed by atoms with van der Waals surface area (Å²) in [5.41, 5.74) is 1.25. The molecule has 0 N–H and O–H groups in total. The Balaban J connectivity index is 1.73. The van der Waals surface area contributed by atoms with Crippen LogP contribution in [0.5, 0.6) is 0 Å². The first-order valence-corrected chi connectivity index (χ1v) is 7.54. The van der Waals surface area contributed by atoms with Crippen LogP contribution in [-0.2, 0) is 20.1 Å². The van der Waals surface area contributed by atoms with Gasteiger partial charge in [0.2, 0.25) is 0 Å². The fourth-order valence-corrected chi connectivity index (χ4v) is 3.11. The molecular weight excluding hydrogens is 250 g/mol. The van der Waals surface area contributed by atoms with E-state index in [1.54, 1.807) is 6.26 Å². The molecule has 0 unspecified atom stereocenters. The predicted molar refractivity (Wildman–Crippen MR) is 78.0 cm³/mol. The van der Waals surface area contributed by atoms with Gasteiger partial charge in [-0.15, -0.1) is 0 Å². The van der Waals surface area contributed by atoms with Gasteiger partial charge in [-0.05, 0) is 18.9 Å². The summed E-state index contributed by atoms with van der Waals surface area (Å²) < 4.78 is 7.33. The van der Waals surface area contributed by atoms with Crippen LogP contribution in [0.3, 0.4) is 0 Å². The third-order valence-corrected chi connectivity index (χ3v) is 4.32. The van der Waals surface area contributed by atoms with Crippen molar-refractivity contribution in [3.8, 4) is 0 Å². The van der Waals surface area contributed by atoms with E-state index in [1.165, 1.54) is 37.7 Å². The molecule has 2 aromatic rings. The van der Waals surface area contributed by atoms with Gasteiger partial charge >= 0.3 is 0 Å². The second-order valence-corrected chi connectivity index (χ2v) is 5.78. The summed E-state index contributed by atoms with van der Waals surface area (Å²) in [6.45, 7) is 1.87. The molecule has 0 spiro atoms. The van der Waals surface area contributed by atoms with E-state index in [-0.39, 0.29) is 0 Å². The first kappa shape index (κ1) is 13.4. The fourth-order valence-electron chi connectivity index (χ4n) is 3.11. The van der Waals surface area contributed by atoms with Gasteiger partial charge in [-0.3, -0.25) is 4.90 Å². The minimum atomic E-state index is 0.676. The van der Waals surface area contributed by atoms with E-state index in [1.807, 2.05) is 18.7 Å². The van der Waals surface area contributed by atoms with Gasteiger partial charge in [0.05, 0.1) is 19.1 Å². The minimum Gasteiger partial charge on any atom is -0.472 e. The van der Waals surface area contributed by atoms with Crippen molar-refractivity contribution >= 4 is 0 Å². The van der Waals surface area contributed by atoms with Crippen LogP contribution in [0.15, 0.2) is 35.4 Å². The smallest absolute Gasteiger partial charge is 0.122 e. The number of nitrogens with zero attached hydrogens (tertiary/aromatic N) is 3. The van der Waals surface area contributed by atoms with Gasteiger partial charge < -0.3 is 8.98 Å². The highest BCUT2D eigenvalue weighted by molar-refractivity contribution is 5.06. The van der Waals surface area contributed by atoms with Gasteiger partial charge in [-0.2, -0.15) is 0 Å². The molecule has 2 heterocycles. The zero-order valence-electron chi connectivity index (χ0n) is 12.2. The second-order valence-electron chi connectivity index (χ2n) is 5.78. The van der Waals surface area contributed by atoms with Gasteiger partial charge in [0, 0.05) is 37.6 Å². The molecule has 4 nitrogen and oxygen atoms in total. The molecule has 2 aromatic heterocycles. The van der Waals surface area contributed by atoms with Crippen molar-refractivity contribution in [3.05, 3.63) is 42.4 Å². The van der Waals surface area contributed by atoms with Crippen molar-refractivity contribution in [2.75, 3.05) is 0 Å². The Morgan fingerprint density at radius 3 is 2.80 bits per heavy atom. The van der Waals surface area contributed by atoms with Crippen LogP contribution in [-0.4, -0.2) is 20.5 Å². The van der Waals surface area contributed by atoms with Crippen molar-refractivity contribution in [1.82, 2.24) is 14.5 Å². The Kier molecular flexibility index (Phi) is 4.21. The van der Waals surface area contributed by atoms with Gasteiger partial charge in [0.25, 0.3) is 0 Å². The minimum absolute atomic E-state index is 0.676. The van der Waals surface area contributed by atoms with E-state index in [4.69, 9.17) is 4.42 Å². The van der Waals surface area contributed by atoms with Crippen molar-refractivity contribution in [2.24, 2.45) is 7.05 Å². The Morgan fingerprint density at radius 2 is 2.15 bits per heavy atom. The number of aromatic nitrogens is 2. The van der Waals surface area contributed by atoms with E-state index in [0.717, 1.165) is 18.9 Å². The van der Waals surface area contributed by atoms with Gasteiger partial charge in [0.15, 0.2) is 0 Å². The van der Waals surface area contributed by atoms with Crippen LogP contribution in [0.25, 0.3) is 0 Å². The topological polar surface area (TPSA) is 34.2 Å². The monoisotopic (exact) mass is 273 g/mol. The summed E-state index contributed by atoms with van der Waals surface area (Å²) in [5, 5.41) is 0. The number of imidazole rings is 1. The highest BCUT2D eigenvalue weighted by Gasteiger charge is 2.22. The SMILES string of the molecule is Cn1ccnc1CN(Cc1ccoc1)C1CCCCC1. The molecule has 0 amide bonds. The summed E-state index contributed by atoms with van der Waals surface area (Å²) >= 11 is 0. The van der Waals surface area contributed by atoms with Gasteiger partial charge in [-0.25, -0.2) is 4.98 Å². The average Bonchev–Trinajstić information content (AvgIpc) is 3.12. The molecule has 0 atom stereocenters. The molecule has 108 valence electrons. The number of hydrogen-bond acceptors (Lipinski definition) is 3. The summed E-state index contributed by atoms with van der Waals surface area (Å²) in [6, 6.07) is 2.74. The molecule has 4 heteroatoms. The van der Waals surface area contributed by atoms with E-state index in [2.05, 4.69) is 27.6 Å². The predicted octanol–water partition coefficient (Wildman–Crippen LogP) is 3.35. The summed E-state index contributed by atoms with van der Waals surface area (Å²) in [5.74, 6) is 1.14.